The molecule has 0 aromatic heterocycles. The number of nitrogens with zero attached hydrogens (tertiary/aromatic N) is 4. The van der Waals surface area contributed by atoms with Gasteiger partial charge < -0.3 is 51.3 Å². The molecule has 14 heteroatoms. The van der Waals surface area contributed by atoms with Gasteiger partial charge in [0.05, 0.1) is 12.6 Å². The quantitative estimate of drug-likeness (QED) is 0.181. The molecule has 2 aromatic rings. The molecule has 0 saturated carbocycles. The number of aromatic hydroxyl groups is 2. The van der Waals surface area contributed by atoms with Gasteiger partial charge in [0.25, 0.3) is 0 Å². The molecule has 7 rings (SSSR count). The van der Waals surface area contributed by atoms with Crippen LogP contribution in [0, 0.1) is 0 Å². The second-order valence-electron chi connectivity index (χ2n) is 17.9. The minimum Gasteiger partial charge on any atom is -0.508 e. The van der Waals surface area contributed by atoms with Gasteiger partial charge in [-0.2, -0.15) is 0 Å². The van der Waals surface area contributed by atoms with E-state index in [9.17, 15) is 24.6 Å². The van der Waals surface area contributed by atoms with Crippen LogP contribution in [0.2, 0.25) is 0 Å². The fraction of sp³-hybridized carbons (Fsp3) is 0.688. The molecule has 2 aromatic carbocycles. The van der Waals surface area contributed by atoms with Gasteiger partial charge in [0.1, 0.15) is 23.1 Å². The first-order chi connectivity index (χ1) is 28.9. The van der Waals surface area contributed by atoms with E-state index in [-0.39, 0.29) is 50.8 Å². The third-order valence-electron chi connectivity index (χ3n) is 12.0. The van der Waals surface area contributed by atoms with Gasteiger partial charge in [0.2, 0.25) is 11.8 Å². The summed E-state index contributed by atoms with van der Waals surface area (Å²) in [6.45, 7) is 18.3. The minimum atomic E-state index is -0.647. The summed E-state index contributed by atoms with van der Waals surface area (Å²) in [5.41, 5.74) is 8.81. The normalized spacial score (nSPS) is 20.5. The molecule has 3 fully saturated rings. The highest BCUT2D eigenvalue weighted by molar-refractivity contribution is 5.86. The molecule has 5 aliphatic rings. The van der Waals surface area contributed by atoms with E-state index in [0.717, 1.165) is 81.2 Å². The van der Waals surface area contributed by atoms with Crippen LogP contribution in [0.5, 0.6) is 11.5 Å². The Morgan fingerprint density at radius 3 is 1.65 bits per heavy atom. The molecular weight excluding hydrogens is 785 g/mol. The Morgan fingerprint density at radius 1 is 0.677 bits per heavy atom. The van der Waals surface area contributed by atoms with E-state index in [2.05, 4.69) is 30.7 Å². The van der Waals surface area contributed by atoms with E-state index in [4.69, 9.17) is 10.5 Å². The number of phenols is 2. The lowest BCUT2D eigenvalue weighted by Crippen LogP contribution is -2.54. The number of hydrogen-bond acceptors (Lipinski definition) is 11. The molecule has 62 heavy (non-hydrogen) atoms. The maximum atomic E-state index is 13.0. The number of rotatable bonds is 10. The number of nitrogens with two attached hydrogens (primary N) is 1. The van der Waals surface area contributed by atoms with Crippen molar-refractivity contribution >= 4 is 17.9 Å². The van der Waals surface area contributed by atoms with E-state index in [1.807, 2.05) is 32.9 Å². The SMILES string of the molecule is C.C.CC(C)(C)OC(=O)N1Cc2cc(O)ccc2C[C@@H]1C(=O)NCCN1CCCCC1.NCCN1CCCCC1.O=C(NCCN1CCCCC1)[C@H]1Cc2ccc(O)cc2CN1. The average Bonchev–Trinajstić information content (AvgIpc) is 3.24. The van der Waals surface area contributed by atoms with Crippen molar-refractivity contribution < 1.29 is 29.3 Å². The second kappa shape index (κ2) is 26.6. The van der Waals surface area contributed by atoms with Crippen molar-refractivity contribution in [2.45, 2.75) is 137 Å². The number of phenolic OH excluding ortho intramolecular Hbond substituents is 2. The summed E-state index contributed by atoms with van der Waals surface area (Å²) >= 11 is 0. The van der Waals surface area contributed by atoms with E-state index >= 15 is 0 Å². The number of fused-ring (bicyclic) bond motifs is 2. The van der Waals surface area contributed by atoms with Crippen LogP contribution in [0.3, 0.4) is 0 Å². The Labute approximate surface area is 373 Å². The maximum Gasteiger partial charge on any atom is 0.411 e. The number of carbonyl (C=O) groups is 3. The van der Waals surface area contributed by atoms with Gasteiger partial charge in [-0.25, -0.2) is 4.79 Å². The van der Waals surface area contributed by atoms with Crippen LogP contribution >= 0.6 is 0 Å². The second-order valence-corrected chi connectivity index (χ2v) is 17.9. The zero-order chi connectivity index (χ0) is 42.9. The summed E-state index contributed by atoms with van der Waals surface area (Å²) in [6.07, 6.45) is 12.4. The smallest absolute Gasteiger partial charge is 0.411 e. The van der Waals surface area contributed by atoms with Crippen molar-refractivity contribution in [3.63, 3.8) is 0 Å². The summed E-state index contributed by atoms with van der Waals surface area (Å²) in [5.74, 6) is 0.352. The number of carbonyl (C=O) groups excluding carboxylic acids is 3. The molecule has 0 spiro atoms. The molecule has 0 aliphatic carbocycles. The van der Waals surface area contributed by atoms with Crippen molar-refractivity contribution in [3.05, 3.63) is 58.7 Å². The number of benzene rings is 2. The minimum absolute atomic E-state index is 0. The van der Waals surface area contributed by atoms with Gasteiger partial charge in [-0.3, -0.25) is 14.5 Å². The molecule has 3 amide bonds. The summed E-state index contributed by atoms with van der Waals surface area (Å²) in [5, 5.41) is 28.6. The molecule has 0 unspecified atom stereocenters. The van der Waals surface area contributed by atoms with E-state index in [1.165, 1.54) is 75.8 Å². The summed E-state index contributed by atoms with van der Waals surface area (Å²) in [7, 11) is 0. The van der Waals surface area contributed by atoms with Gasteiger partial charge in [-0.05, 0) is 152 Å². The third-order valence-corrected chi connectivity index (χ3v) is 12.0. The summed E-state index contributed by atoms with van der Waals surface area (Å²) in [4.78, 5) is 46.8. The van der Waals surface area contributed by atoms with Crippen LogP contribution in [0.25, 0.3) is 0 Å². The first-order valence-electron chi connectivity index (χ1n) is 22.7. The predicted octanol–water partition coefficient (Wildman–Crippen LogP) is 5.37. The maximum absolute atomic E-state index is 13.0. The molecular formula is C48H82N8O6. The lowest BCUT2D eigenvalue weighted by Gasteiger charge is -2.37. The Bertz CT molecular complexity index is 1650. The highest BCUT2D eigenvalue weighted by Gasteiger charge is 2.37. The van der Waals surface area contributed by atoms with Crippen LogP contribution in [0.1, 0.15) is 116 Å². The fourth-order valence-electron chi connectivity index (χ4n) is 8.65. The Hall–Kier alpha value is -3.95. The molecule has 350 valence electrons. The third kappa shape index (κ3) is 17.3. The molecule has 5 aliphatic heterocycles. The number of nitrogens with one attached hydrogen (secondary N) is 3. The van der Waals surface area contributed by atoms with Gasteiger partial charge in [-0.15, -0.1) is 0 Å². The van der Waals surface area contributed by atoms with E-state index in [1.54, 1.807) is 24.3 Å². The fourth-order valence-corrected chi connectivity index (χ4v) is 8.65. The van der Waals surface area contributed by atoms with Crippen molar-refractivity contribution in [1.29, 1.82) is 0 Å². The monoisotopic (exact) mass is 867 g/mol. The summed E-state index contributed by atoms with van der Waals surface area (Å²) < 4.78 is 5.54. The van der Waals surface area contributed by atoms with Crippen LogP contribution in [0.15, 0.2) is 36.4 Å². The first-order valence-corrected chi connectivity index (χ1v) is 22.7. The molecule has 14 nitrogen and oxygen atoms in total. The topological polar surface area (TPSA) is 176 Å². The zero-order valence-electron chi connectivity index (χ0n) is 36.7. The molecule has 7 N–H and O–H groups in total. The predicted molar refractivity (Wildman–Crippen MR) is 249 cm³/mol. The highest BCUT2D eigenvalue weighted by Crippen LogP contribution is 2.28. The van der Waals surface area contributed by atoms with Crippen LogP contribution in [-0.4, -0.2) is 144 Å². The number of hydrogen-bond donors (Lipinski definition) is 6. The van der Waals surface area contributed by atoms with Gasteiger partial charge in [0, 0.05) is 52.2 Å². The van der Waals surface area contributed by atoms with Crippen molar-refractivity contribution in [1.82, 2.24) is 35.6 Å². The zero-order valence-corrected chi connectivity index (χ0v) is 36.7. The van der Waals surface area contributed by atoms with E-state index in [0.29, 0.717) is 25.9 Å². The van der Waals surface area contributed by atoms with Gasteiger partial charge in [-0.1, -0.05) is 46.2 Å². The lowest BCUT2D eigenvalue weighted by atomic mass is 9.93. The average molecular weight is 867 g/mol. The number of likely N-dealkylation sites (tertiary alicyclic amines) is 3. The standard InChI is InChI=1S/C22H33N3O4.C17H25N3O2.C7H16N2.2CH4/c1-22(2,3)29-21(28)25-15-17-13-18(26)8-7-16(17)14-19(25)20(27)23-9-12-24-10-5-4-6-11-24;21-15-5-4-13-11-16(19-12-14(13)10-15)17(22)18-6-9-20-7-2-1-3-8-20;8-4-7-9-5-2-1-3-6-9;;/h7-8,13,19,26H,4-6,9-12,14-15H2,1-3H3,(H,23,27);4-5,10,16,19,21H,1-3,6-9,11-12H2,(H,18,22);1-8H2;2*1H4/t19-;16-;;;/m11.../s1. The summed E-state index contributed by atoms with van der Waals surface area (Å²) in [6, 6.07) is 9.68. The number of ether oxygens (including phenoxy) is 1. The Morgan fingerprint density at radius 2 is 1.15 bits per heavy atom. The molecule has 3 saturated heterocycles. The van der Waals surface area contributed by atoms with E-state index < -0.39 is 17.7 Å². The molecule has 0 radical (unpaired) electrons. The van der Waals surface area contributed by atoms with Gasteiger partial charge in [0.15, 0.2) is 0 Å². The number of amides is 3. The molecule has 0 bridgehead atoms. The largest absolute Gasteiger partial charge is 0.508 e. The number of piperidine rings is 3. The molecule has 5 heterocycles. The van der Waals surface area contributed by atoms with Crippen LogP contribution in [-0.2, 0) is 40.3 Å². The Kier molecular flexibility index (Phi) is 22.5. The molecule has 2 atom stereocenters. The van der Waals surface area contributed by atoms with Crippen molar-refractivity contribution in [2.75, 3.05) is 78.5 Å². The first kappa shape index (κ1) is 52.4. The van der Waals surface area contributed by atoms with Crippen molar-refractivity contribution in [3.8, 4) is 11.5 Å². The highest BCUT2D eigenvalue weighted by atomic mass is 16.6. The van der Waals surface area contributed by atoms with Crippen LogP contribution < -0.4 is 21.7 Å². The van der Waals surface area contributed by atoms with Crippen LogP contribution in [0.4, 0.5) is 4.79 Å². The lowest BCUT2D eigenvalue weighted by molar-refractivity contribution is -0.127. The van der Waals surface area contributed by atoms with Crippen molar-refractivity contribution in [2.24, 2.45) is 5.73 Å². The van der Waals surface area contributed by atoms with Gasteiger partial charge >= 0.3 is 6.09 Å². The Balaban J connectivity index is 0.000000273.